The molecule has 0 unspecified atom stereocenters. The summed E-state index contributed by atoms with van der Waals surface area (Å²) in [5.74, 6) is -0.194. The standard InChI is InChI=1S/C30H25N3O2S/c1-21-8-2-3-9-24(21)20-33-26-11-4-5-12-27(26)36-28(30(33)35)18-22-13-15-23(16-14-22)29(34)32-19-25-10-6-7-17-31-25/h2-18H,19-20H2,1H3,(H,32,34). The number of pyridine rings is 1. The Morgan fingerprint density at radius 3 is 2.47 bits per heavy atom. The highest BCUT2D eigenvalue weighted by molar-refractivity contribution is 8.04. The first-order valence-electron chi connectivity index (χ1n) is 11.7. The second-order valence-corrected chi connectivity index (χ2v) is 9.61. The molecule has 2 amide bonds. The molecular formula is C30H25N3O2S. The number of para-hydroxylation sites is 1. The molecule has 36 heavy (non-hydrogen) atoms. The SMILES string of the molecule is Cc1ccccc1CN1C(=O)C(=Cc2ccc(C(=O)NCc3ccccn3)cc2)Sc2ccccc21. The fraction of sp³-hybridized carbons (Fsp3) is 0.100. The van der Waals surface area contributed by atoms with E-state index in [9.17, 15) is 9.59 Å². The predicted octanol–water partition coefficient (Wildman–Crippen LogP) is 6.00. The van der Waals surface area contributed by atoms with Gasteiger partial charge in [0.15, 0.2) is 0 Å². The molecule has 0 fully saturated rings. The van der Waals surface area contributed by atoms with Gasteiger partial charge in [0, 0.05) is 16.7 Å². The van der Waals surface area contributed by atoms with Crippen LogP contribution in [0.25, 0.3) is 6.08 Å². The number of nitrogens with one attached hydrogen (secondary N) is 1. The maximum absolute atomic E-state index is 13.6. The quantitative estimate of drug-likeness (QED) is 0.336. The van der Waals surface area contributed by atoms with Gasteiger partial charge in [0.25, 0.3) is 11.8 Å². The number of nitrogens with zero attached hydrogens (tertiary/aromatic N) is 2. The van der Waals surface area contributed by atoms with Crippen molar-refractivity contribution in [2.45, 2.75) is 24.9 Å². The van der Waals surface area contributed by atoms with Gasteiger partial charge in [-0.2, -0.15) is 0 Å². The molecular weight excluding hydrogens is 466 g/mol. The molecule has 3 aromatic carbocycles. The summed E-state index contributed by atoms with van der Waals surface area (Å²) in [6, 6.07) is 29.0. The lowest BCUT2D eigenvalue weighted by Crippen LogP contribution is -2.33. The molecule has 1 aromatic heterocycles. The Bertz CT molecular complexity index is 1430. The Hall–Kier alpha value is -4.16. The van der Waals surface area contributed by atoms with E-state index in [0.29, 0.717) is 23.6 Å². The second kappa shape index (κ2) is 10.6. The van der Waals surface area contributed by atoms with Crippen LogP contribution in [0, 0.1) is 6.92 Å². The van der Waals surface area contributed by atoms with Crippen LogP contribution < -0.4 is 10.2 Å². The molecule has 0 radical (unpaired) electrons. The first-order chi connectivity index (χ1) is 17.6. The third-order valence-electron chi connectivity index (χ3n) is 6.05. The molecule has 5 nitrogen and oxygen atoms in total. The van der Waals surface area contributed by atoms with Crippen LogP contribution in [0.3, 0.4) is 0 Å². The number of fused-ring (bicyclic) bond motifs is 1. The number of hydrogen-bond donors (Lipinski definition) is 1. The minimum absolute atomic E-state index is 0.0286. The number of benzene rings is 3. The minimum atomic E-state index is -0.165. The van der Waals surface area contributed by atoms with Gasteiger partial charge in [0.2, 0.25) is 0 Å². The van der Waals surface area contributed by atoms with Gasteiger partial charge in [-0.25, -0.2) is 0 Å². The van der Waals surface area contributed by atoms with Crippen LogP contribution in [0.4, 0.5) is 5.69 Å². The van der Waals surface area contributed by atoms with Gasteiger partial charge < -0.3 is 10.2 Å². The number of amides is 2. The highest BCUT2D eigenvalue weighted by atomic mass is 32.2. The number of anilines is 1. The summed E-state index contributed by atoms with van der Waals surface area (Å²) in [4.78, 5) is 33.9. The maximum atomic E-state index is 13.6. The Kier molecular flexibility index (Phi) is 6.96. The maximum Gasteiger partial charge on any atom is 0.265 e. The van der Waals surface area contributed by atoms with E-state index in [-0.39, 0.29) is 11.8 Å². The second-order valence-electron chi connectivity index (χ2n) is 8.52. The fourth-order valence-corrected chi connectivity index (χ4v) is 5.09. The minimum Gasteiger partial charge on any atom is -0.346 e. The van der Waals surface area contributed by atoms with Gasteiger partial charge in [-0.05, 0) is 66.1 Å². The van der Waals surface area contributed by atoms with E-state index in [0.717, 1.165) is 33.0 Å². The van der Waals surface area contributed by atoms with Crippen LogP contribution in [-0.4, -0.2) is 16.8 Å². The summed E-state index contributed by atoms with van der Waals surface area (Å²) in [5, 5.41) is 2.89. The van der Waals surface area contributed by atoms with Crippen molar-refractivity contribution in [2.75, 3.05) is 4.90 Å². The smallest absolute Gasteiger partial charge is 0.265 e. The predicted molar refractivity (Wildman–Crippen MR) is 144 cm³/mol. The van der Waals surface area contributed by atoms with Crippen LogP contribution in [0.1, 0.15) is 32.7 Å². The summed E-state index contributed by atoms with van der Waals surface area (Å²) in [5.41, 5.74) is 5.42. The van der Waals surface area contributed by atoms with E-state index in [4.69, 9.17) is 0 Å². The lowest BCUT2D eigenvalue weighted by Gasteiger charge is -2.31. The summed E-state index contributed by atoms with van der Waals surface area (Å²) in [7, 11) is 0. The third kappa shape index (κ3) is 5.24. The van der Waals surface area contributed by atoms with Gasteiger partial charge in [0.1, 0.15) is 0 Å². The van der Waals surface area contributed by atoms with E-state index in [2.05, 4.69) is 29.4 Å². The van der Waals surface area contributed by atoms with Crippen molar-refractivity contribution in [2.24, 2.45) is 0 Å². The lowest BCUT2D eigenvalue weighted by molar-refractivity contribution is -0.114. The van der Waals surface area contributed by atoms with E-state index in [1.807, 2.05) is 77.7 Å². The van der Waals surface area contributed by atoms with Crippen molar-refractivity contribution in [1.82, 2.24) is 10.3 Å². The Morgan fingerprint density at radius 2 is 1.69 bits per heavy atom. The Labute approximate surface area is 214 Å². The third-order valence-corrected chi connectivity index (χ3v) is 7.13. The van der Waals surface area contributed by atoms with Crippen molar-refractivity contribution in [3.63, 3.8) is 0 Å². The normalized spacial score (nSPS) is 14.0. The molecule has 1 aliphatic rings. The van der Waals surface area contributed by atoms with Crippen LogP contribution in [0.15, 0.2) is 107 Å². The monoisotopic (exact) mass is 491 g/mol. The molecule has 0 saturated carbocycles. The van der Waals surface area contributed by atoms with Crippen LogP contribution in [0.2, 0.25) is 0 Å². The van der Waals surface area contributed by atoms with Gasteiger partial charge in [0.05, 0.1) is 29.4 Å². The number of hydrogen-bond acceptors (Lipinski definition) is 4. The molecule has 0 atom stereocenters. The molecule has 6 heteroatoms. The zero-order valence-electron chi connectivity index (χ0n) is 19.8. The molecule has 0 saturated heterocycles. The average molecular weight is 492 g/mol. The zero-order chi connectivity index (χ0) is 24.9. The topological polar surface area (TPSA) is 62.3 Å². The van der Waals surface area contributed by atoms with E-state index in [1.54, 1.807) is 18.3 Å². The van der Waals surface area contributed by atoms with Crippen LogP contribution in [0.5, 0.6) is 0 Å². The Morgan fingerprint density at radius 1 is 0.944 bits per heavy atom. The summed E-state index contributed by atoms with van der Waals surface area (Å²) < 4.78 is 0. The molecule has 0 bridgehead atoms. The molecule has 1 N–H and O–H groups in total. The van der Waals surface area contributed by atoms with Gasteiger partial charge in [-0.3, -0.25) is 14.6 Å². The number of thioether (sulfide) groups is 1. The number of carbonyl (C=O) groups excluding carboxylic acids is 2. The van der Waals surface area contributed by atoms with E-state index >= 15 is 0 Å². The highest BCUT2D eigenvalue weighted by Crippen LogP contribution is 2.42. The number of carbonyl (C=O) groups is 2. The van der Waals surface area contributed by atoms with Crippen LogP contribution in [-0.2, 0) is 17.9 Å². The average Bonchev–Trinajstić information content (AvgIpc) is 2.91. The van der Waals surface area contributed by atoms with Crippen molar-refractivity contribution in [3.05, 3.63) is 130 Å². The highest BCUT2D eigenvalue weighted by Gasteiger charge is 2.29. The molecule has 5 rings (SSSR count). The number of rotatable bonds is 6. The van der Waals surface area contributed by atoms with Gasteiger partial charge in [-0.1, -0.05) is 66.4 Å². The summed E-state index contributed by atoms with van der Waals surface area (Å²) >= 11 is 1.48. The summed E-state index contributed by atoms with van der Waals surface area (Å²) in [6.45, 7) is 2.94. The van der Waals surface area contributed by atoms with Crippen molar-refractivity contribution >= 4 is 35.3 Å². The Balaban J connectivity index is 1.35. The molecule has 1 aliphatic heterocycles. The fourth-order valence-electron chi connectivity index (χ4n) is 4.03. The van der Waals surface area contributed by atoms with Gasteiger partial charge >= 0.3 is 0 Å². The number of aromatic nitrogens is 1. The number of aryl methyl sites for hydroxylation is 1. The lowest BCUT2D eigenvalue weighted by atomic mass is 10.1. The van der Waals surface area contributed by atoms with Crippen molar-refractivity contribution < 1.29 is 9.59 Å². The van der Waals surface area contributed by atoms with E-state index < -0.39 is 0 Å². The molecule has 0 spiro atoms. The van der Waals surface area contributed by atoms with Crippen molar-refractivity contribution in [1.29, 1.82) is 0 Å². The van der Waals surface area contributed by atoms with Gasteiger partial charge in [-0.15, -0.1) is 0 Å². The first-order valence-corrected chi connectivity index (χ1v) is 12.5. The molecule has 4 aromatic rings. The first kappa shape index (κ1) is 23.6. The summed E-state index contributed by atoms with van der Waals surface area (Å²) in [6.07, 6.45) is 3.60. The molecule has 2 heterocycles. The van der Waals surface area contributed by atoms with Crippen molar-refractivity contribution in [3.8, 4) is 0 Å². The largest absolute Gasteiger partial charge is 0.346 e. The molecule has 178 valence electrons. The zero-order valence-corrected chi connectivity index (χ0v) is 20.7. The molecule has 0 aliphatic carbocycles. The van der Waals surface area contributed by atoms with Crippen LogP contribution >= 0.6 is 11.8 Å². The van der Waals surface area contributed by atoms with E-state index in [1.165, 1.54) is 11.8 Å².